The molecule has 0 unspecified atom stereocenters. The van der Waals surface area contributed by atoms with Gasteiger partial charge in [-0.05, 0) is 27.2 Å². The highest BCUT2D eigenvalue weighted by molar-refractivity contribution is 5.76. The van der Waals surface area contributed by atoms with E-state index >= 15 is 0 Å². The number of hydrogen-bond donors (Lipinski definition) is 2. The van der Waals surface area contributed by atoms with Gasteiger partial charge in [0.1, 0.15) is 5.69 Å². The van der Waals surface area contributed by atoms with E-state index in [2.05, 4.69) is 10.4 Å². The van der Waals surface area contributed by atoms with Crippen LogP contribution in [-0.4, -0.2) is 26.1 Å². The summed E-state index contributed by atoms with van der Waals surface area (Å²) in [4.78, 5) is 21.8. The molecule has 0 spiro atoms. The number of primary amides is 1. The van der Waals surface area contributed by atoms with Crippen molar-refractivity contribution in [2.24, 2.45) is 5.73 Å². The standard InChI is InChI=1S/C12H21N5O3/c1-5-6-16-11(10(17(19)20)8(2)15-16)14-12(3,4)7-9(13)18/h14H,5-7H2,1-4H3,(H2,13,18). The van der Waals surface area contributed by atoms with Gasteiger partial charge in [-0.3, -0.25) is 14.9 Å². The number of nitrogens with one attached hydrogen (secondary N) is 1. The van der Waals surface area contributed by atoms with Gasteiger partial charge < -0.3 is 11.1 Å². The second-order valence-electron chi connectivity index (χ2n) is 5.41. The fourth-order valence-electron chi connectivity index (χ4n) is 2.09. The highest BCUT2D eigenvalue weighted by Crippen LogP contribution is 2.31. The molecule has 0 bridgehead atoms. The molecule has 1 rings (SSSR count). The highest BCUT2D eigenvalue weighted by Gasteiger charge is 2.30. The number of nitrogens with two attached hydrogens (primary N) is 1. The maximum atomic E-state index is 11.2. The van der Waals surface area contributed by atoms with E-state index in [-0.39, 0.29) is 12.1 Å². The van der Waals surface area contributed by atoms with Crippen molar-refractivity contribution in [1.29, 1.82) is 0 Å². The number of aromatic nitrogens is 2. The maximum Gasteiger partial charge on any atom is 0.333 e. The Kier molecular flexibility index (Phi) is 4.69. The smallest absolute Gasteiger partial charge is 0.333 e. The second-order valence-corrected chi connectivity index (χ2v) is 5.41. The zero-order valence-electron chi connectivity index (χ0n) is 12.3. The number of carbonyl (C=O) groups excluding carboxylic acids is 1. The van der Waals surface area contributed by atoms with E-state index in [4.69, 9.17) is 5.73 Å². The number of rotatable bonds is 7. The normalized spacial score (nSPS) is 11.4. The molecule has 1 aromatic heterocycles. The molecule has 0 aliphatic carbocycles. The largest absolute Gasteiger partial charge is 0.370 e. The van der Waals surface area contributed by atoms with Crippen LogP contribution in [0.4, 0.5) is 11.5 Å². The van der Waals surface area contributed by atoms with E-state index in [1.54, 1.807) is 25.5 Å². The molecule has 3 N–H and O–H groups in total. The number of amides is 1. The van der Waals surface area contributed by atoms with Crippen LogP contribution >= 0.6 is 0 Å². The van der Waals surface area contributed by atoms with E-state index in [9.17, 15) is 14.9 Å². The first-order chi connectivity index (χ1) is 9.18. The van der Waals surface area contributed by atoms with Crippen LogP contribution in [0.5, 0.6) is 0 Å². The summed E-state index contributed by atoms with van der Waals surface area (Å²) in [6, 6.07) is 0. The Hall–Kier alpha value is -2.12. The highest BCUT2D eigenvalue weighted by atomic mass is 16.6. The van der Waals surface area contributed by atoms with Gasteiger partial charge >= 0.3 is 5.69 Å². The van der Waals surface area contributed by atoms with E-state index in [1.807, 2.05) is 6.92 Å². The van der Waals surface area contributed by atoms with Gasteiger partial charge in [-0.25, -0.2) is 4.68 Å². The van der Waals surface area contributed by atoms with Crippen LogP contribution in [0.3, 0.4) is 0 Å². The molecule has 8 nitrogen and oxygen atoms in total. The van der Waals surface area contributed by atoms with Crippen molar-refractivity contribution in [2.45, 2.75) is 52.6 Å². The van der Waals surface area contributed by atoms with Crippen LogP contribution in [0.25, 0.3) is 0 Å². The molecule has 0 radical (unpaired) electrons. The zero-order valence-corrected chi connectivity index (χ0v) is 12.3. The average Bonchev–Trinajstić information content (AvgIpc) is 2.52. The van der Waals surface area contributed by atoms with Crippen LogP contribution < -0.4 is 11.1 Å². The van der Waals surface area contributed by atoms with Crippen LogP contribution in [0, 0.1) is 17.0 Å². The summed E-state index contributed by atoms with van der Waals surface area (Å²) >= 11 is 0. The molecule has 112 valence electrons. The topological polar surface area (TPSA) is 116 Å². The number of carbonyl (C=O) groups is 1. The molecule has 0 fully saturated rings. The van der Waals surface area contributed by atoms with Gasteiger partial charge in [-0.2, -0.15) is 5.10 Å². The number of aryl methyl sites for hydroxylation is 2. The molecule has 0 aromatic carbocycles. The monoisotopic (exact) mass is 283 g/mol. The lowest BCUT2D eigenvalue weighted by atomic mass is 10.0. The van der Waals surface area contributed by atoms with Gasteiger partial charge in [0.2, 0.25) is 11.7 Å². The van der Waals surface area contributed by atoms with Gasteiger partial charge in [0, 0.05) is 18.5 Å². The van der Waals surface area contributed by atoms with Gasteiger partial charge in [0.15, 0.2) is 0 Å². The molecule has 0 aliphatic heterocycles. The molecule has 0 atom stereocenters. The predicted octanol–water partition coefficient (Wildman–Crippen LogP) is 1.58. The Morgan fingerprint density at radius 3 is 2.60 bits per heavy atom. The van der Waals surface area contributed by atoms with Crippen molar-refractivity contribution in [3.05, 3.63) is 15.8 Å². The van der Waals surface area contributed by atoms with E-state index < -0.39 is 16.4 Å². The molecule has 8 heteroatoms. The van der Waals surface area contributed by atoms with E-state index in [0.29, 0.717) is 18.1 Å². The summed E-state index contributed by atoms with van der Waals surface area (Å²) in [7, 11) is 0. The quantitative estimate of drug-likeness (QED) is 0.582. The number of hydrogen-bond acceptors (Lipinski definition) is 5. The first-order valence-electron chi connectivity index (χ1n) is 6.46. The lowest BCUT2D eigenvalue weighted by Gasteiger charge is -2.25. The summed E-state index contributed by atoms with van der Waals surface area (Å²) in [6.45, 7) is 7.64. The lowest BCUT2D eigenvalue weighted by Crippen LogP contribution is -2.37. The van der Waals surface area contributed by atoms with Gasteiger partial charge in [0.05, 0.1) is 4.92 Å². The third-order valence-corrected chi connectivity index (χ3v) is 2.79. The first-order valence-corrected chi connectivity index (χ1v) is 6.46. The zero-order chi connectivity index (χ0) is 15.5. The number of nitro groups is 1. The summed E-state index contributed by atoms with van der Waals surface area (Å²) in [6.07, 6.45) is 0.865. The Labute approximate surface area is 117 Å². The van der Waals surface area contributed by atoms with Crippen molar-refractivity contribution in [3.8, 4) is 0 Å². The SMILES string of the molecule is CCCn1nc(C)c([N+](=O)[O-])c1NC(C)(C)CC(N)=O. The molecule has 0 aliphatic rings. The van der Waals surface area contributed by atoms with Crippen molar-refractivity contribution in [1.82, 2.24) is 9.78 Å². The third kappa shape index (κ3) is 3.69. The minimum absolute atomic E-state index is 0.0593. The van der Waals surface area contributed by atoms with E-state index in [0.717, 1.165) is 6.42 Å². The molecule has 1 aromatic rings. The van der Waals surface area contributed by atoms with Gasteiger partial charge in [-0.15, -0.1) is 0 Å². The first kappa shape index (κ1) is 15.9. The van der Waals surface area contributed by atoms with Crippen LogP contribution in [0.15, 0.2) is 0 Å². The average molecular weight is 283 g/mol. The Morgan fingerprint density at radius 1 is 1.55 bits per heavy atom. The minimum atomic E-state index is -0.686. The van der Waals surface area contributed by atoms with Crippen molar-refractivity contribution in [2.75, 3.05) is 5.32 Å². The molecule has 0 saturated heterocycles. The Morgan fingerprint density at radius 2 is 2.15 bits per heavy atom. The van der Waals surface area contributed by atoms with Crippen LogP contribution in [0.1, 0.15) is 39.3 Å². The fraction of sp³-hybridized carbons (Fsp3) is 0.667. The molecule has 1 heterocycles. The third-order valence-electron chi connectivity index (χ3n) is 2.79. The maximum absolute atomic E-state index is 11.2. The number of anilines is 1. The van der Waals surface area contributed by atoms with Gasteiger partial charge in [0.25, 0.3) is 0 Å². The second kappa shape index (κ2) is 5.89. The summed E-state index contributed by atoms with van der Waals surface area (Å²) in [5, 5.41) is 18.4. The minimum Gasteiger partial charge on any atom is -0.370 e. The van der Waals surface area contributed by atoms with Crippen LogP contribution in [-0.2, 0) is 11.3 Å². The predicted molar refractivity (Wildman–Crippen MR) is 75.4 cm³/mol. The van der Waals surface area contributed by atoms with E-state index in [1.165, 1.54) is 0 Å². The summed E-state index contributed by atoms with van der Waals surface area (Å²) in [5.74, 6) is -0.149. The van der Waals surface area contributed by atoms with Gasteiger partial charge in [-0.1, -0.05) is 6.92 Å². The Bertz CT molecular complexity index is 521. The van der Waals surface area contributed by atoms with Crippen molar-refractivity contribution < 1.29 is 9.72 Å². The molecule has 0 saturated carbocycles. The fourth-order valence-corrected chi connectivity index (χ4v) is 2.09. The molecular weight excluding hydrogens is 262 g/mol. The summed E-state index contributed by atoms with van der Waals surface area (Å²) in [5.41, 5.74) is 4.80. The van der Waals surface area contributed by atoms with Crippen LogP contribution in [0.2, 0.25) is 0 Å². The van der Waals surface area contributed by atoms with Crippen molar-refractivity contribution >= 4 is 17.4 Å². The molecule has 1 amide bonds. The van der Waals surface area contributed by atoms with Crippen molar-refractivity contribution in [3.63, 3.8) is 0 Å². The number of nitrogens with zero attached hydrogens (tertiary/aromatic N) is 3. The molecular formula is C12H21N5O3. The summed E-state index contributed by atoms with van der Waals surface area (Å²) < 4.78 is 1.57. The lowest BCUT2D eigenvalue weighted by molar-refractivity contribution is -0.384. The Balaban J connectivity index is 3.20. The molecule has 20 heavy (non-hydrogen) atoms.